The van der Waals surface area contributed by atoms with Crippen molar-refractivity contribution in [3.05, 3.63) is 77.7 Å². The van der Waals surface area contributed by atoms with E-state index in [2.05, 4.69) is 22.1 Å². The van der Waals surface area contributed by atoms with Crippen LogP contribution in [0.15, 0.2) is 60.8 Å². The third-order valence-electron chi connectivity index (χ3n) is 3.65. The second-order valence-corrected chi connectivity index (χ2v) is 5.57. The molecule has 0 unspecified atom stereocenters. The maximum atomic E-state index is 14.0. The minimum Gasteiger partial charge on any atom is -0.445 e. The van der Waals surface area contributed by atoms with Crippen molar-refractivity contribution in [1.29, 1.82) is 0 Å². The Bertz CT molecular complexity index is 962. The molecule has 0 aliphatic heterocycles. The molecule has 4 nitrogen and oxygen atoms in total. The summed E-state index contributed by atoms with van der Waals surface area (Å²) in [6.07, 6.45) is 1.51. The van der Waals surface area contributed by atoms with E-state index in [-0.39, 0.29) is 6.61 Å². The first-order valence-corrected chi connectivity index (χ1v) is 8.20. The first kappa shape index (κ1) is 17.4. The van der Waals surface area contributed by atoms with Crippen molar-refractivity contribution >= 4 is 17.0 Å². The van der Waals surface area contributed by atoms with Gasteiger partial charge in [0.25, 0.3) is 0 Å². The zero-order chi connectivity index (χ0) is 18.2. The van der Waals surface area contributed by atoms with Gasteiger partial charge in [-0.1, -0.05) is 48.2 Å². The van der Waals surface area contributed by atoms with Gasteiger partial charge in [0.2, 0.25) is 0 Å². The fourth-order valence-electron chi connectivity index (χ4n) is 2.35. The first-order valence-electron chi connectivity index (χ1n) is 8.20. The third-order valence-corrected chi connectivity index (χ3v) is 3.65. The summed E-state index contributed by atoms with van der Waals surface area (Å²) in [6.45, 7) is 0.548. The summed E-state index contributed by atoms with van der Waals surface area (Å²) in [5.74, 6) is 5.24. The van der Waals surface area contributed by atoms with Crippen molar-refractivity contribution in [3.8, 4) is 11.8 Å². The van der Waals surface area contributed by atoms with Crippen LogP contribution in [0.3, 0.4) is 0 Å². The van der Waals surface area contributed by atoms with Crippen molar-refractivity contribution in [1.82, 2.24) is 10.3 Å². The molecule has 1 aromatic heterocycles. The number of fused-ring (bicyclic) bond motifs is 1. The number of hydrogen-bond acceptors (Lipinski definition) is 3. The van der Waals surface area contributed by atoms with Crippen LogP contribution in [-0.4, -0.2) is 17.6 Å². The molecule has 0 aliphatic rings. The highest BCUT2D eigenvalue weighted by Gasteiger charge is 2.03. The molecule has 1 N–H and O–H groups in total. The predicted octanol–water partition coefficient (Wildman–Crippen LogP) is 4.04. The zero-order valence-corrected chi connectivity index (χ0v) is 14.0. The molecule has 0 fully saturated rings. The molecular weight excluding hydrogens is 331 g/mol. The molecule has 1 heterocycles. The molecule has 0 saturated heterocycles. The second kappa shape index (κ2) is 8.63. The average Bonchev–Trinajstić information content (AvgIpc) is 2.67. The van der Waals surface area contributed by atoms with Gasteiger partial charge in [-0.15, -0.1) is 0 Å². The topological polar surface area (TPSA) is 51.2 Å². The highest BCUT2D eigenvalue weighted by molar-refractivity contribution is 5.80. The van der Waals surface area contributed by atoms with Gasteiger partial charge in [0, 0.05) is 30.6 Å². The summed E-state index contributed by atoms with van der Waals surface area (Å²) in [6, 6.07) is 16.1. The lowest BCUT2D eigenvalue weighted by Gasteiger charge is -2.05. The van der Waals surface area contributed by atoms with E-state index in [4.69, 9.17) is 4.74 Å². The molecule has 0 radical (unpaired) electrons. The molecule has 5 heteroatoms. The highest BCUT2D eigenvalue weighted by Crippen LogP contribution is 2.16. The number of halogens is 1. The van der Waals surface area contributed by atoms with Crippen LogP contribution in [0.2, 0.25) is 0 Å². The van der Waals surface area contributed by atoms with Gasteiger partial charge in [0.15, 0.2) is 0 Å². The van der Waals surface area contributed by atoms with E-state index < -0.39 is 11.9 Å². The van der Waals surface area contributed by atoms with Gasteiger partial charge in [0.1, 0.15) is 12.4 Å². The fourth-order valence-corrected chi connectivity index (χ4v) is 2.35. The van der Waals surface area contributed by atoms with Crippen LogP contribution in [0, 0.1) is 17.7 Å². The summed E-state index contributed by atoms with van der Waals surface area (Å²) < 4.78 is 19.1. The number of rotatable bonds is 4. The quantitative estimate of drug-likeness (QED) is 0.572. The van der Waals surface area contributed by atoms with Gasteiger partial charge in [-0.05, 0) is 17.7 Å². The van der Waals surface area contributed by atoms with Crippen LogP contribution in [0.25, 0.3) is 10.9 Å². The van der Waals surface area contributed by atoms with Gasteiger partial charge < -0.3 is 10.1 Å². The molecular formula is C21H17FN2O2. The Morgan fingerprint density at radius 1 is 1.15 bits per heavy atom. The Kier molecular flexibility index (Phi) is 5.79. The number of nitrogens with one attached hydrogen (secondary N) is 1. The smallest absolute Gasteiger partial charge is 0.407 e. The Morgan fingerprint density at radius 3 is 2.85 bits per heavy atom. The number of amides is 1. The molecule has 0 aliphatic carbocycles. The van der Waals surface area contributed by atoms with E-state index in [1.165, 1.54) is 6.07 Å². The molecule has 1 amide bonds. The minimum atomic E-state index is -0.501. The number of aromatic nitrogens is 1. The highest BCUT2D eigenvalue weighted by atomic mass is 19.1. The summed E-state index contributed by atoms with van der Waals surface area (Å²) in [5.41, 5.74) is 1.83. The molecule has 0 bridgehead atoms. The van der Waals surface area contributed by atoms with Crippen LogP contribution in [0.1, 0.15) is 17.5 Å². The van der Waals surface area contributed by atoms with Crippen LogP contribution < -0.4 is 5.32 Å². The number of alkyl carbamates (subject to hydrolysis) is 1. The standard InChI is InChI=1S/C21H17FN2O2/c22-19-14-20-18(10-6-12-23-20)13-17(19)9-4-5-11-24-21(25)26-15-16-7-2-1-3-8-16/h1-3,6-8,10,12-14H,5,11,15H2,(H,24,25). The van der Waals surface area contributed by atoms with Gasteiger partial charge in [0.05, 0.1) is 11.1 Å². The van der Waals surface area contributed by atoms with Gasteiger partial charge in [-0.25, -0.2) is 9.18 Å². The number of ether oxygens (including phenoxy) is 1. The monoisotopic (exact) mass is 348 g/mol. The minimum absolute atomic E-state index is 0.217. The van der Waals surface area contributed by atoms with Crippen molar-refractivity contribution in [2.45, 2.75) is 13.0 Å². The summed E-state index contributed by atoms with van der Waals surface area (Å²) in [4.78, 5) is 15.7. The van der Waals surface area contributed by atoms with Crippen molar-refractivity contribution in [2.24, 2.45) is 0 Å². The van der Waals surface area contributed by atoms with E-state index in [0.29, 0.717) is 24.0 Å². The van der Waals surface area contributed by atoms with Gasteiger partial charge in [-0.2, -0.15) is 0 Å². The lowest BCUT2D eigenvalue weighted by atomic mass is 10.1. The Balaban J connectivity index is 1.47. The molecule has 26 heavy (non-hydrogen) atoms. The van der Waals surface area contributed by atoms with E-state index in [1.54, 1.807) is 18.3 Å². The van der Waals surface area contributed by atoms with Crippen molar-refractivity contribution < 1.29 is 13.9 Å². The molecule has 0 spiro atoms. The van der Waals surface area contributed by atoms with Crippen molar-refractivity contribution in [3.63, 3.8) is 0 Å². The number of hydrogen-bond donors (Lipinski definition) is 1. The Labute approximate surface area is 151 Å². The number of pyridine rings is 1. The lowest BCUT2D eigenvalue weighted by Crippen LogP contribution is -2.24. The largest absolute Gasteiger partial charge is 0.445 e. The number of carbonyl (C=O) groups excluding carboxylic acids is 1. The van der Waals surface area contributed by atoms with Crippen LogP contribution in [0.5, 0.6) is 0 Å². The van der Waals surface area contributed by atoms with Gasteiger partial charge in [-0.3, -0.25) is 4.98 Å². The van der Waals surface area contributed by atoms with Gasteiger partial charge >= 0.3 is 6.09 Å². The fraction of sp³-hybridized carbons (Fsp3) is 0.143. The normalized spacial score (nSPS) is 10.0. The maximum Gasteiger partial charge on any atom is 0.407 e. The third kappa shape index (κ3) is 4.81. The molecule has 3 rings (SSSR count). The predicted molar refractivity (Wildman–Crippen MR) is 97.8 cm³/mol. The van der Waals surface area contributed by atoms with Crippen LogP contribution in [-0.2, 0) is 11.3 Å². The average molecular weight is 348 g/mol. The zero-order valence-electron chi connectivity index (χ0n) is 14.0. The molecule has 2 aromatic carbocycles. The summed E-state index contributed by atoms with van der Waals surface area (Å²) in [5, 5.41) is 3.45. The first-order chi connectivity index (χ1) is 12.7. The Morgan fingerprint density at radius 2 is 2.00 bits per heavy atom. The SMILES string of the molecule is O=C(NCCC#Cc1cc2cccnc2cc1F)OCc1ccccc1. The number of benzene rings is 2. The second-order valence-electron chi connectivity index (χ2n) is 5.57. The number of carbonyl (C=O) groups is 1. The summed E-state index contributed by atoms with van der Waals surface area (Å²) >= 11 is 0. The van der Waals surface area contributed by atoms with E-state index >= 15 is 0 Å². The lowest BCUT2D eigenvalue weighted by molar-refractivity contribution is 0.140. The maximum absolute atomic E-state index is 14.0. The van der Waals surface area contributed by atoms with Crippen LogP contribution >= 0.6 is 0 Å². The Hall–Kier alpha value is -3.39. The molecule has 3 aromatic rings. The van der Waals surface area contributed by atoms with Crippen LogP contribution in [0.4, 0.5) is 9.18 Å². The molecule has 130 valence electrons. The van der Waals surface area contributed by atoms with E-state index in [0.717, 1.165) is 10.9 Å². The summed E-state index contributed by atoms with van der Waals surface area (Å²) in [7, 11) is 0. The van der Waals surface area contributed by atoms with E-state index in [9.17, 15) is 9.18 Å². The van der Waals surface area contributed by atoms with E-state index in [1.807, 2.05) is 36.4 Å². The number of nitrogens with zero attached hydrogens (tertiary/aromatic N) is 1. The molecule has 0 saturated carbocycles. The molecule has 0 atom stereocenters. The van der Waals surface area contributed by atoms with Crippen molar-refractivity contribution in [2.75, 3.05) is 6.54 Å².